The summed E-state index contributed by atoms with van der Waals surface area (Å²) in [5.41, 5.74) is 1.99. The number of aliphatic hydroxyl groups excluding tert-OH is 2. The molecule has 0 bridgehead atoms. The summed E-state index contributed by atoms with van der Waals surface area (Å²) in [6.45, 7) is 0.735. The number of phenols is 1. The van der Waals surface area contributed by atoms with Gasteiger partial charge in [0.2, 0.25) is 5.78 Å². The fraction of sp³-hybridized carbons (Fsp3) is 0.500. The second kappa shape index (κ2) is 7.62. The van der Waals surface area contributed by atoms with Gasteiger partial charge < -0.3 is 31.5 Å². The molecule has 5 aliphatic rings. The minimum atomic E-state index is -2.71. The number of nitrogens with two attached hydrogens (primary N) is 1. The Morgan fingerprint density at radius 2 is 1.86 bits per heavy atom. The van der Waals surface area contributed by atoms with Crippen LogP contribution in [0.4, 0.5) is 4.39 Å². The number of hydrogen-bond acceptors (Lipinski definition) is 9. The number of carbonyl (C=O) groups excluding carboxylic acids is 3. The van der Waals surface area contributed by atoms with E-state index in [0.717, 1.165) is 13.0 Å². The summed E-state index contributed by atoms with van der Waals surface area (Å²) in [6, 6.07) is -1.33. The number of likely N-dealkylation sites (N-methyl/N-ethyl adjacent to an activating group) is 1. The highest BCUT2D eigenvalue weighted by Crippen LogP contribution is 2.55. The Morgan fingerprint density at radius 1 is 1.16 bits per heavy atom. The fourth-order valence-corrected chi connectivity index (χ4v) is 7.52. The number of allylic oxidation sites excluding steroid dienone is 1. The zero-order chi connectivity index (χ0) is 26.7. The second-order valence-corrected chi connectivity index (χ2v) is 11.1. The van der Waals surface area contributed by atoms with Crippen molar-refractivity contribution < 1.29 is 39.2 Å². The molecule has 0 saturated carbocycles. The molecule has 1 aromatic rings. The summed E-state index contributed by atoms with van der Waals surface area (Å²) in [5, 5.41) is 48.2. The molecule has 2 unspecified atom stereocenters. The highest BCUT2D eigenvalue weighted by atomic mass is 19.1. The number of benzene rings is 1. The van der Waals surface area contributed by atoms with Gasteiger partial charge in [0.15, 0.2) is 11.4 Å². The van der Waals surface area contributed by atoms with Crippen LogP contribution in [-0.4, -0.2) is 75.1 Å². The lowest BCUT2D eigenvalue weighted by molar-refractivity contribution is -0.148. The summed E-state index contributed by atoms with van der Waals surface area (Å²) >= 11 is 0. The normalized spacial score (nSPS) is 34.4. The topological polar surface area (TPSA) is 173 Å². The molecule has 1 saturated heterocycles. The summed E-state index contributed by atoms with van der Waals surface area (Å²) < 4.78 is 16.0. The molecule has 1 aliphatic heterocycles. The predicted octanol–water partition coefficient (Wildman–Crippen LogP) is 0.466. The number of ketones is 2. The monoisotopic (exact) mass is 513 g/mol. The number of primary amides is 1. The van der Waals surface area contributed by atoms with Crippen LogP contribution >= 0.6 is 0 Å². The molecule has 0 spiro atoms. The number of aromatic hydroxyl groups is 1. The van der Waals surface area contributed by atoms with Gasteiger partial charge in [-0.25, -0.2) is 4.39 Å². The van der Waals surface area contributed by atoms with Crippen LogP contribution in [0.1, 0.15) is 45.9 Å². The van der Waals surface area contributed by atoms with E-state index in [0.29, 0.717) is 17.5 Å². The molecule has 10 nitrogen and oxygen atoms in total. The van der Waals surface area contributed by atoms with Crippen molar-refractivity contribution in [2.24, 2.45) is 23.5 Å². The number of nitrogens with one attached hydrogen (secondary N) is 1. The number of hydrogen-bond donors (Lipinski definition) is 6. The number of halogens is 1. The Hall–Kier alpha value is -3.28. The molecule has 1 amide bonds. The molecule has 6 atom stereocenters. The van der Waals surface area contributed by atoms with Gasteiger partial charge in [0.05, 0.1) is 11.6 Å². The molecule has 1 aromatic carbocycles. The van der Waals surface area contributed by atoms with Crippen LogP contribution in [0.3, 0.4) is 0 Å². The van der Waals surface area contributed by atoms with E-state index < -0.39 is 63.9 Å². The molecular weight excluding hydrogens is 485 g/mol. The summed E-state index contributed by atoms with van der Waals surface area (Å²) in [5.74, 6) is -7.78. The molecule has 1 heterocycles. The van der Waals surface area contributed by atoms with Gasteiger partial charge in [-0.05, 0) is 58.2 Å². The average Bonchev–Trinajstić information content (AvgIpc) is 3.41. The minimum Gasteiger partial charge on any atom is -0.510 e. The van der Waals surface area contributed by atoms with E-state index in [-0.39, 0.29) is 47.3 Å². The second-order valence-electron chi connectivity index (χ2n) is 11.1. The summed E-state index contributed by atoms with van der Waals surface area (Å²) in [4.78, 5) is 40.6. The highest BCUT2D eigenvalue weighted by Gasteiger charge is 2.63. The quantitative estimate of drug-likeness (QED) is 0.307. The van der Waals surface area contributed by atoms with E-state index in [4.69, 9.17) is 5.73 Å². The third kappa shape index (κ3) is 2.82. The lowest BCUT2D eigenvalue weighted by atomic mass is 9.58. The van der Waals surface area contributed by atoms with Gasteiger partial charge in [0.25, 0.3) is 5.91 Å². The lowest BCUT2D eigenvalue weighted by Gasteiger charge is -2.50. The number of fused-ring (bicyclic) bond motifs is 6. The van der Waals surface area contributed by atoms with Crippen molar-refractivity contribution in [2.45, 2.75) is 43.4 Å². The predicted molar refractivity (Wildman–Crippen MR) is 126 cm³/mol. The van der Waals surface area contributed by atoms with Crippen molar-refractivity contribution >= 4 is 17.5 Å². The first-order valence-corrected chi connectivity index (χ1v) is 12.3. The Labute approximate surface area is 211 Å². The molecule has 1 fully saturated rings. The van der Waals surface area contributed by atoms with E-state index in [1.54, 1.807) is 14.1 Å². The van der Waals surface area contributed by atoms with Crippen LogP contribution in [-0.2, 0) is 22.4 Å². The van der Waals surface area contributed by atoms with Crippen LogP contribution in [0.2, 0.25) is 0 Å². The number of aliphatic hydroxyl groups is 3. The third-order valence-corrected chi connectivity index (χ3v) is 9.09. The molecule has 0 aromatic heterocycles. The largest absolute Gasteiger partial charge is 0.510 e. The number of phenolic OH excluding ortho intramolecular Hbond substituents is 1. The van der Waals surface area contributed by atoms with Crippen molar-refractivity contribution in [3.8, 4) is 5.75 Å². The smallest absolute Gasteiger partial charge is 0.255 e. The molecule has 0 radical (unpaired) electrons. The van der Waals surface area contributed by atoms with Crippen LogP contribution in [0.15, 0.2) is 22.7 Å². The van der Waals surface area contributed by atoms with Gasteiger partial charge in [0, 0.05) is 34.2 Å². The van der Waals surface area contributed by atoms with Crippen molar-refractivity contribution in [1.29, 1.82) is 0 Å². The van der Waals surface area contributed by atoms with Crippen LogP contribution in [0, 0.1) is 23.6 Å². The number of carbonyl (C=O) groups is 3. The van der Waals surface area contributed by atoms with E-state index in [1.165, 1.54) is 4.90 Å². The number of rotatable bonds is 2. The average molecular weight is 514 g/mol. The van der Waals surface area contributed by atoms with Gasteiger partial charge in [-0.2, -0.15) is 0 Å². The van der Waals surface area contributed by atoms with Crippen LogP contribution in [0.25, 0.3) is 0 Å². The van der Waals surface area contributed by atoms with E-state index in [1.807, 2.05) is 0 Å². The standard InChI is InChI=1S/C26H28FN3O7/c1-30(2)19-12-7-9-6-10-15(20(31)11-5-8-3-4-29-18(8)14(11)17(10)27)21(32)13(9)23(34)26(12,37)24(35)16(22(19)33)25(28)36/h8-9,12,18-19,29,31,33-34,37H,3-7H2,1-2H3,(H2,28,36)/t8?,9-,12-,18?,19-,26-/m0/s1. The summed E-state index contributed by atoms with van der Waals surface area (Å²) in [6.07, 6.45) is 1.09. The Balaban J connectivity index is 1.55. The van der Waals surface area contributed by atoms with Gasteiger partial charge in [0.1, 0.15) is 28.7 Å². The zero-order valence-electron chi connectivity index (χ0n) is 20.3. The number of Topliss-reactive ketones (excluding diaryl/α,β-unsaturated/α-hetero) is 2. The molecule has 196 valence electrons. The summed E-state index contributed by atoms with van der Waals surface area (Å²) in [7, 11) is 3.11. The van der Waals surface area contributed by atoms with Gasteiger partial charge >= 0.3 is 0 Å². The lowest BCUT2D eigenvalue weighted by Crippen LogP contribution is -2.63. The first-order chi connectivity index (χ1) is 17.4. The third-order valence-electron chi connectivity index (χ3n) is 9.09. The maximum absolute atomic E-state index is 16.0. The fourth-order valence-electron chi connectivity index (χ4n) is 7.52. The maximum atomic E-state index is 16.0. The Kier molecular flexibility index (Phi) is 4.96. The zero-order valence-corrected chi connectivity index (χ0v) is 20.3. The molecule has 11 heteroatoms. The van der Waals surface area contributed by atoms with E-state index in [9.17, 15) is 34.8 Å². The first-order valence-electron chi connectivity index (χ1n) is 12.3. The van der Waals surface area contributed by atoms with E-state index >= 15 is 4.39 Å². The number of amides is 1. The molecular formula is C26H28FN3O7. The SMILES string of the molecule is CN(C)[C@@H]1C(O)=C(C(N)=O)C(=O)[C@@]2(O)C(O)=C3C(=O)c4c(O)c5c(c(F)c4C[C@H]3C[C@@H]12)C1NCCC1C5. The Morgan fingerprint density at radius 3 is 2.51 bits per heavy atom. The van der Waals surface area contributed by atoms with E-state index in [2.05, 4.69) is 5.32 Å². The molecule has 6 rings (SSSR count). The van der Waals surface area contributed by atoms with Gasteiger partial charge in [-0.3, -0.25) is 19.3 Å². The van der Waals surface area contributed by atoms with Crippen LogP contribution < -0.4 is 11.1 Å². The molecule has 7 N–H and O–H groups in total. The first kappa shape index (κ1) is 24.1. The van der Waals surface area contributed by atoms with Gasteiger partial charge in [-0.15, -0.1) is 0 Å². The highest BCUT2D eigenvalue weighted by molar-refractivity contribution is 6.24. The molecule has 4 aliphatic carbocycles. The maximum Gasteiger partial charge on any atom is 0.255 e. The van der Waals surface area contributed by atoms with Crippen molar-refractivity contribution in [3.63, 3.8) is 0 Å². The number of nitrogens with zero attached hydrogens (tertiary/aromatic N) is 1. The van der Waals surface area contributed by atoms with Crippen LogP contribution in [0.5, 0.6) is 5.75 Å². The molecule has 37 heavy (non-hydrogen) atoms. The van der Waals surface area contributed by atoms with Crippen molar-refractivity contribution in [1.82, 2.24) is 10.2 Å². The Bertz CT molecular complexity index is 1380. The van der Waals surface area contributed by atoms with Crippen molar-refractivity contribution in [3.05, 3.63) is 50.7 Å². The van der Waals surface area contributed by atoms with Crippen molar-refractivity contribution in [2.75, 3.05) is 20.6 Å². The minimum absolute atomic E-state index is 0.0451. The van der Waals surface area contributed by atoms with Gasteiger partial charge in [-0.1, -0.05) is 0 Å².